The first-order valence-electron chi connectivity index (χ1n) is 9.67. The number of hydrogen-bond donors (Lipinski definition) is 1. The average molecular weight is 441 g/mol. The molecule has 0 aromatic heterocycles. The van der Waals surface area contributed by atoms with Crippen LogP contribution in [0.25, 0.3) is 0 Å². The maximum atomic E-state index is 12.7. The number of aliphatic carboxylic acids is 2. The normalized spacial score (nSPS) is 12.7. The van der Waals surface area contributed by atoms with Gasteiger partial charge in [-0.2, -0.15) is 0 Å². The fourth-order valence-electron chi connectivity index (χ4n) is 3.23. The summed E-state index contributed by atoms with van der Waals surface area (Å²) in [7, 11) is 0. The van der Waals surface area contributed by atoms with Gasteiger partial charge in [0.2, 0.25) is 0 Å². The molecular weight excluding hydrogens is 416 g/mol. The topological polar surface area (TPSA) is 113 Å². The van der Waals surface area contributed by atoms with Crippen molar-refractivity contribution in [1.82, 2.24) is 0 Å². The molecule has 8 heteroatoms. The second-order valence-corrected chi connectivity index (χ2v) is 7.04. The molecule has 0 fully saturated rings. The van der Waals surface area contributed by atoms with Gasteiger partial charge in [0.1, 0.15) is 0 Å². The third-order valence-electron chi connectivity index (χ3n) is 4.72. The Hall–Kier alpha value is -1.15. The van der Waals surface area contributed by atoms with Crippen molar-refractivity contribution in [2.45, 2.75) is 32.1 Å². The van der Waals surface area contributed by atoms with Crippen molar-refractivity contribution in [3.8, 4) is 0 Å². The molecule has 2 aromatic rings. The Bertz CT molecular complexity index is 815. The third kappa shape index (κ3) is 11.9. The van der Waals surface area contributed by atoms with Crippen molar-refractivity contribution in [2.24, 2.45) is 16.8 Å². The quantitative estimate of drug-likeness (QED) is 0.154. The van der Waals surface area contributed by atoms with Gasteiger partial charge < -0.3 is 25.1 Å². The van der Waals surface area contributed by atoms with E-state index < -0.39 is 23.8 Å². The predicted octanol–water partition coefficient (Wildman–Crippen LogP) is -4.52. The molecule has 0 spiro atoms. The summed E-state index contributed by atoms with van der Waals surface area (Å²) in [5.74, 6) is -3.80. The summed E-state index contributed by atoms with van der Waals surface area (Å²) in [4.78, 5) is 26.3. The van der Waals surface area contributed by atoms with Crippen LogP contribution in [0.1, 0.15) is 30.4 Å². The number of carbonyl (C=O) groups is 2. The molecule has 1 N–H and O–H groups in total. The molecule has 0 aliphatic heterocycles. The summed E-state index contributed by atoms with van der Waals surface area (Å²) in [5.41, 5.74) is 1.83. The SMILES string of the molecule is O=C([O-])CCCN=C([O-])[C@H](Cc1ccccc1)C[C@@H](Cc1ccccc1)C(=O)O.[Na+].[Na+]. The van der Waals surface area contributed by atoms with E-state index >= 15 is 0 Å². The zero-order chi connectivity index (χ0) is 21.1. The van der Waals surface area contributed by atoms with Crippen molar-refractivity contribution in [1.29, 1.82) is 0 Å². The molecule has 0 amide bonds. The molecule has 0 bridgehead atoms. The summed E-state index contributed by atoms with van der Waals surface area (Å²) in [6.07, 6.45) is 0.952. The fraction of sp³-hybridized carbons (Fsp3) is 0.348. The molecule has 2 atom stereocenters. The van der Waals surface area contributed by atoms with Crippen LogP contribution in [0.5, 0.6) is 0 Å². The summed E-state index contributed by atoms with van der Waals surface area (Å²) in [5, 5.41) is 32.9. The van der Waals surface area contributed by atoms with Crippen molar-refractivity contribution < 1.29 is 84.0 Å². The number of carboxylic acid groups (broad SMARTS) is 2. The smallest absolute Gasteiger partial charge is 0.862 e. The monoisotopic (exact) mass is 441 g/mol. The predicted molar refractivity (Wildman–Crippen MR) is 106 cm³/mol. The molecule has 0 saturated carbocycles. The van der Waals surface area contributed by atoms with Crippen LogP contribution in [-0.4, -0.2) is 29.5 Å². The zero-order valence-corrected chi connectivity index (χ0v) is 22.2. The first-order chi connectivity index (χ1) is 14.0. The molecule has 154 valence electrons. The van der Waals surface area contributed by atoms with E-state index in [1.807, 2.05) is 60.7 Å². The maximum absolute atomic E-state index is 12.7. The van der Waals surface area contributed by atoms with Crippen LogP contribution in [0, 0.1) is 11.8 Å². The Balaban J connectivity index is 0.00000450. The maximum Gasteiger partial charge on any atom is 1.00 e. The molecule has 0 heterocycles. The zero-order valence-electron chi connectivity index (χ0n) is 18.2. The second-order valence-electron chi connectivity index (χ2n) is 7.04. The van der Waals surface area contributed by atoms with Crippen LogP contribution in [0.2, 0.25) is 0 Å². The Labute approximate surface area is 227 Å². The molecule has 0 aliphatic rings. The largest absolute Gasteiger partial charge is 1.00 e. The van der Waals surface area contributed by atoms with Crippen molar-refractivity contribution >= 4 is 17.8 Å². The minimum absolute atomic E-state index is 0. The fourth-order valence-corrected chi connectivity index (χ4v) is 3.23. The minimum atomic E-state index is -1.18. The number of benzene rings is 2. The van der Waals surface area contributed by atoms with Gasteiger partial charge in [-0.05, 0) is 55.0 Å². The van der Waals surface area contributed by atoms with Crippen LogP contribution < -0.4 is 69.3 Å². The Morgan fingerprint density at radius 2 is 1.32 bits per heavy atom. The molecule has 2 rings (SSSR count). The summed E-state index contributed by atoms with van der Waals surface area (Å²) in [6.45, 7) is 0.0918. The molecule has 2 aromatic carbocycles. The Morgan fingerprint density at radius 1 is 0.839 bits per heavy atom. The summed E-state index contributed by atoms with van der Waals surface area (Å²) in [6, 6.07) is 18.7. The van der Waals surface area contributed by atoms with E-state index in [1.54, 1.807) is 0 Å². The number of nitrogens with zero attached hydrogens (tertiary/aromatic N) is 1. The number of rotatable bonds is 12. The Morgan fingerprint density at radius 3 is 1.77 bits per heavy atom. The standard InChI is InChI=1S/C23H27NO5.2Na/c25-21(26)12-7-13-24-22(27)19(14-17-8-3-1-4-9-17)16-20(23(28)29)15-18-10-5-2-6-11-18;;/h1-6,8-11,19-20H,7,12-16H2,(H,24,27)(H,25,26)(H,28,29);;/q;2*+1/p-2/t19-,20-;;/m1../s1. The van der Waals surface area contributed by atoms with Gasteiger partial charge in [-0.15, -0.1) is 0 Å². The van der Waals surface area contributed by atoms with E-state index in [-0.39, 0.29) is 90.8 Å². The summed E-state index contributed by atoms with van der Waals surface area (Å²) < 4.78 is 0. The molecule has 0 unspecified atom stereocenters. The number of hydrogen-bond acceptors (Lipinski definition) is 5. The average Bonchev–Trinajstić information content (AvgIpc) is 2.71. The van der Waals surface area contributed by atoms with Gasteiger partial charge >= 0.3 is 65.1 Å². The Kier molecular flexibility index (Phi) is 15.9. The number of aliphatic imine (C=N–C) groups is 1. The third-order valence-corrected chi connectivity index (χ3v) is 4.72. The van der Waals surface area contributed by atoms with Crippen molar-refractivity contribution in [3.05, 3.63) is 71.8 Å². The first kappa shape index (κ1) is 29.9. The molecule has 0 saturated heterocycles. The van der Waals surface area contributed by atoms with Crippen LogP contribution >= 0.6 is 0 Å². The van der Waals surface area contributed by atoms with Gasteiger partial charge in [0.25, 0.3) is 0 Å². The molecule has 6 nitrogen and oxygen atoms in total. The summed E-state index contributed by atoms with van der Waals surface area (Å²) >= 11 is 0. The molecule has 0 aliphatic carbocycles. The van der Waals surface area contributed by atoms with Crippen LogP contribution in [0.15, 0.2) is 65.7 Å². The van der Waals surface area contributed by atoms with Gasteiger partial charge in [-0.3, -0.25) is 4.79 Å². The van der Waals surface area contributed by atoms with Gasteiger partial charge in [-0.25, -0.2) is 0 Å². The van der Waals surface area contributed by atoms with E-state index in [2.05, 4.69) is 4.99 Å². The number of carboxylic acids is 2. The van der Waals surface area contributed by atoms with Crippen LogP contribution in [0.3, 0.4) is 0 Å². The van der Waals surface area contributed by atoms with Crippen molar-refractivity contribution in [2.75, 3.05) is 6.54 Å². The van der Waals surface area contributed by atoms with Crippen LogP contribution in [0.4, 0.5) is 0 Å². The van der Waals surface area contributed by atoms with E-state index in [1.165, 1.54) is 0 Å². The van der Waals surface area contributed by atoms with Crippen LogP contribution in [-0.2, 0) is 22.4 Å². The van der Waals surface area contributed by atoms with E-state index in [0.717, 1.165) is 11.1 Å². The van der Waals surface area contributed by atoms with Gasteiger partial charge in [-0.1, -0.05) is 60.7 Å². The van der Waals surface area contributed by atoms with E-state index in [9.17, 15) is 24.9 Å². The molecular formula is C23H25NNa2O5. The minimum Gasteiger partial charge on any atom is -0.862 e. The second kappa shape index (κ2) is 16.5. The first-order valence-corrected chi connectivity index (χ1v) is 9.67. The van der Waals surface area contributed by atoms with Gasteiger partial charge in [0, 0.05) is 12.5 Å². The molecule has 31 heavy (non-hydrogen) atoms. The van der Waals surface area contributed by atoms with Gasteiger partial charge in [0.05, 0.1) is 5.92 Å². The van der Waals surface area contributed by atoms with Crippen molar-refractivity contribution in [3.63, 3.8) is 0 Å². The van der Waals surface area contributed by atoms with E-state index in [0.29, 0.717) is 12.8 Å². The number of carbonyl (C=O) groups excluding carboxylic acids is 1. The van der Waals surface area contributed by atoms with Gasteiger partial charge in [0.15, 0.2) is 0 Å². The van der Waals surface area contributed by atoms with E-state index in [4.69, 9.17) is 0 Å². The molecule has 0 radical (unpaired) electrons.